The first-order valence-corrected chi connectivity index (χ1v) is 4.22. The molecule has 0 fully saturated rings. The van der Waals surface area contributed by atoms with E-state index < -0.39 is 17.5 Å². The Morgan fingerprint density at radius 1 is 1.75 bits per heavy atom. The van der Waals surface area contributed by atoms with Crippen LogP contribution in [0, 0.1) is 0 Å². The first-order chi connectivity index (χ1) is 5.70. The molecule has 1 heterocycles. The molecule has 0 N–H and O–H groups in total. The van der Waals surface area contributed by atoms with E-state index >= 15 is 0 Å². The van der Waals surface area contributed by atoms with E-state index in [1.54, 1.807) is 13.0 Å². The van der Waals surface area contributed by atoms with Crippen LogP contribution < -0.4 is 0 Å². The molecule has 0 radical (unpaired) electrons. The largest absolute Gasteiger partial charge is 0.750 e. The van der Waals surface area contributed by atoms with Gasteiger partial charge in [0.2, 0.25) is 0 Å². The molecule has 1 aromatic heterocycles. The molecule has 0 aliphatic carbocycles. The highest BCUT2D eigenvalue weighted by Gasteiger charge is 2.06. The van der Waals surface area contributed by atoms with Crippen LogP contribution >= 0.6 is 0 Å². The standard InChI is InChI=1S/C6H8N2O3S/c1-5(11-12(9)10)6-2-3-7-4-8-6/h2-5H,1H3,(H,9,10)/p-1. The van der Waals surface area contributed by atoms with Crippen LogP contribution in [0.2, 0.25) is 0 Å². The fourth-order valence-corrected chi connectivity index (χ4v) is 1.04. The lowest BCUT2D eigenvalue weighted by molar-refractivity contribution is 0.219. The zero-order chi connectivity index (χ0) is 8.97. The van der Waals surface area contributed by atoms with E-state index in [0.717, 1.165) is 0 Å². The van der Waals surface area contributed by atoms with E-state index in [1.165, 1.54) is 12.5 Å². The Morgan fingerprint density at radius 2 is 2.50 bits per heavy atom. The van der Waals surface area contributed by atoms with Crippen LogP contribution in [0.25, 0.3) is 0 Å². The van der Waals surface area contributed by atoms with Crippen LogP contribution in [0.1, 0.15) is 18.7 Å². The van der Waals surface area contributed by atoms with E-state index in [0.29, 0.717) is 5.69 Å². The Hall–Kier alpha value is -0.850. The predicted molar refractivity (Wildman–Crippen MR) is 40.5 cm³/mol. The van der Waals surface area contributed by atoms with E-state index in [4.69, 9.17) is 0 Å². The van der Waals surface area contributed by atoms with Gasteiger partial charge in [-0.25, -0.2) is 14.2 Å². The monoisotopic (exact) mass is 187 g/mol. The van der Waals surface area contributed by atoms with E-state index in [1.807, 2.05) is 0 Å². The van der Waals surface area contributed by atoms with Crippen molar-refractivity contribution in [3.05, 3.63) is 24.3 Å². The highest BCUT2D eigenvalue weighted by atomic mass is 32.2. The predicted octanol–water partition coefficient (Wildman–Crippen LogP) is 0.348. The van der Waals surface area contributed by atoms with Crippen molar-refractivity contribution in [2.24, 2.45) is 0 Å². The minimum atomic E-state index is -2.51. The average molecular weight is 187 g/mol. The lowest BCUT2D eigenvalue weighted by Gasteiger charge is -2.12. The zero-order valence-corrected chi connectivity index (χ0v) is 7.15. The average Bonchev–Trinajstić information content (AvgIpc) is 2.05. The van der Waals surface area contributed by atoms with Crippen molar-refractivity contribution in [1.29, 1.82) is 0 Å². The molecule has 1 aromatic rings. The van der Waals surface area contributed by atoms with Crippen LogP contribution in [0.15, 0.2) is 18.6 Å². The zero-order valence-electron chi connectivity index (χ0n) is 6.34. The van der Waals surface area contributed by atoms with Gasteiger partial charge in [0.1, 0.15) is 12.4 Å². The maximum absolute atomic E-state index is 10.1. The molecule has 1 rings (SSSR count). The maximum Gasteiger partial charge on any atom is 0.115 e. The van der Waals surface area contributed by atoms with Gasteiger partial charge in [-0.3, -0.25) is 4.18 Å². The third-order valence-electron chi connectivity index (χ3n) is 1.24. The Kier molecular flexibility index (Phi) is 3.27. The summed E-state index contributed by atoms with van der Waals surface area (Å²) in [4.78, 5) is 7.51. The van der Waals surface area contributed by atoms with Gasteiger partial charge in [-0.15, -0.1) is 0 Å². The van der Waals surface area contributed by atoms with Gasteiger partial charge in [0, 0.05) is 6.20 Å². The second-order valence-corrected chi connectivity index (χ2v) is 2.68. The first-order valence-electron chi connectivity index (χ1n) is 3.22. The highest BCUT2D eigenvalue weighted by molar-refractivity contribution is 7.74. The van der Waals surface area contributed by atoms with Gasteiger partial charge in [0.25, 0.3) is 0 Å². The minimum Gasteiger partial charge on any atom is -0.750 e. The molecule has 0 amide bonds. The molecule has 0 bridgehead atoms. The molecular formula is C6H7N2O3S-. The Labute approximate surface area is 72.3 Å². The third kappa shape index (κ3) is 2.65. The second-order valence-electron chi connectivity index (χ2n) is 2.08. The van der Waals surface area contributed by atoms with E-state index in [9.17, 15) is 8.76 Å². The summed E-state index contributed by atoms with van der Waals surface area (Å²) in [5.74, 6) is 0. The summed E-state index contributed by atoms with van der Waals surface area (Å²) in [7, 11) is 0. The van der Waals surface area contributed by atoms with Crippen LogP contribution in [0.5, 0.6) is 0 Å². The Balaban J connectivity index is 2.65. The van der Waals surface area contributed by atoms with Crippen LogP contribution in [-0.4, -0.2) is 18.7 Å². The fourth-order valence-electron chi connectivity index (χ4n) is 0.709. The van der Waals surface area contributed by atoms with Gasteiger partial charge in [0.15, 0.2) is 0 Å². The molecule has 12 heavy (non-hydrogen) atoms. The maximum atomic E-state index is 10.1. The molecule has 0 spiro atoms. The number of nitrogens with zero attached hydrogens (tertiary/aromatic N) is 2. The lowest BCUT2D eigenvalue weighted by Crippen LogP contribution is -2.04. The molecule has 0 aromatic carbocycles. The Morgan fingerprint density at radius 3 is 3.00 bits per heavy atom. The summed E-state index contributed by atoms with van der Waals surface area (Å²) in [6.45, 7) is 1.60. The normalized spacial score (nSPS) is 15.5. The molecule has 0 aliphatic heterocycles. The van der Waals surface area contributed by atoms with Crippen molar-refractivity contribution < 1.29 is 12.9 Å². The van der Waals surface area contributed by atoms with Crippen molar-refractivity contribution >= 4 is 11.4 Å². The van der Waals surface area contributed by atoms with Crippen LogP contribution in [-0.2, 0) is 15.5 Å². The molecular weight excluding hydrogens is 180 g/mol. The molecule has 2 unspecified atom stereocenters. The van der Waals surface area contributed by atoms with Gasteiger partial charge >= 0.3 is 0 Å². The summed E-state index contributed by atoms with van der Waals surface area (Å²) in [6, 6.07) is 1.59. The quantitative estimate of drug-likeness (QED) is 0.638. The number of hydrogen-bond donors (Lipinski definition) is 0. The summed E-state index contributed by atoms with van der Waals surface area (Å²) < 4.78 is 24.7. The molecule has 0 saturated heterocycles. The van der Waals surface area contributed by atoms with Gasteiger partial charge in [0.05, 0.1) is 17.1 Å². The number of rotatable bonds is 3. The lowest BCUT2D eigenvalue weighted by atomic mass is 10.3. The summed E-state index contributed by atoms with van der Waals surface area (Å²) in [6.07, 6.45) is 2.30. The summed E-state index contributed by atoms with van der Waals surface area (Å²) in [5.41, 5.74) is 0.536. The van der Waals surface area contributed by atoms with E-state index in [2.05, 4.69) is 14.2 Å². The first kappa shape index (κ1) is 9.24. The summed E-state index contributed by atoms with van der Waals surface area (Å²) in [5, 5.41) is 0. The minimum absolute atomic E-state index is 0.536. The molecule has 2 atom stereocenters. The molecule has 0 saturated carbocycles. The van der Waals surface area contributed by atoms with Crippen LogP contribution in [0.3, 0.4) is 0 Å². The van der Waals surface area contributed by atoms with Crippen molar-refractivity contribution in [3.8, 4) is 0 Å². The van der Waals surface area contributed by atoms with Gasteiger partial charge in [-0.05, 0) is 13.0 Å². The Bertz CT molecular complexity index is 267. The van der Waals surface area contributed by atoms with Crippen LogP contribution in [0.4, 0.5) is 0 Å². The van der Waals surface area contributed by atoms with Crippen molar-refractivity contribution in [2.75, 3.05) is 0 Å². The van der Waals surface area contributed by atoms with Gasteiger partial charge < -0.3 is 4.55 Å². The van der Waals surface area contributed by atoms with Crippen molar-refractivity contribution in [3.63, 3.8) is 0 Å². The summed E-state index contributed by atoms with van der Waals surface area (Å²) >= 11 is -2.51. The van der Waals surface area contributed by atoms with Gasteiger partial charge in [-0.2, -0.15) is 0 Å². The number of hydrogen-bond acceptors (Lipinski definition) is 5. The molecule has 5 nitrogen and oxygen atoms in total. The van der Waals surface area contributed by atoms with Crippen molar-refractivity contribution in [2.45, 2.75) is 13.0 Å². The second kappa shape index (κ2) is 4.24. The smallest absolute Gasteiger partial charge is 0.115 e. The van der Waals surface area contributed by atoms with Gasteiger partial charge in [-0.1, -0.05) is 0 Å². The molecule has 0 aliphatic rings. The van der Waals surface area contributed by atoms with E-state index in [-0.39, 0.29) is 0 Å². The highest BCUT2D eigenvalue weighted by Crippen LogP contribution is 2.12. The van der Waals surface area contributed by atoms with Crippen molar-refractivity contribution in [1.82, 2.24) is 9.97 Å². The molecule has 66 valence electrons. The number of aromatic nitrogens is 2. The fraction of sp³-hybridized carbons (Fsp3) is 0.333. The SMILES string of the molecule is CC(OS(=O)[O-])c1ccncn1. The third-order valence-corrected chi connectivity index (χ3v) is 1.69. The topological polar surface area (TPSA) is 75.1 Å². The molecule has 6 heteroatoms.